The topological polar surface area (TPSA) is 77.3 Å². The van der Waals surface area contributed by atoms with Crippen molar-refractivity contribution < 1.29 is 9.47 Å². The van der Waals surface area contributed by atoms with Gasteiger partial charge in [0.2, 0.25) is 5.95 Å². The van der Waals surface area contributed by atoms with Gasteiger partial charge in [-0.15, -0.1) is 0 Å². The van der Waals surface area contributed by atoms with Gasteiger partial charge in [-0.2, -0.15) is 10.1 Å². The van der Waals surface area contributed by atoms with Crippen molar-refractivity contribution in [3.8, 4) is 5.75 Å². The van der Waals surface area contributed by atoms with E-state index in [9.17, 15) is 0 Å². The Bertz CT molecular complexity index is 1070. The Morgan fingerprint density at radius 2 is 1.90 bits per heavy atom. The molecule has 0 saturated heterocycles. The summed E-state index contributed by atoms with van der Waals surface area (Å²) < 4.78 is 13.2. The Morgan fingerprint density at radius 1 is 1.06 bits per heavy atom. The van der Waals surface area contributed by atoms with Crippen LogP contribution in [0, 0.1) is 0 Å². The van der Waals surface area contributed by atoms with Crippen LogP contribution >= 0.6 is 0 Å². The maximum atomic E-state index is 5.66. The zero-order valence-electron chi connectivity index (χ0n) is 18.5. The second kappa shape index (κ2) is 8.43. The van der Waals surface area contributed by atoms with Gasteiger partial charge in [-0.05, 0) is 62.4 Å². The molecule has 8 heteroatoms. The normalized spacial score (nSPS) is 21.8. The molecule has 2 aliphatic rings. The van der Waals surface area contributed by atoms with E-state index in [-0.39, 0.29) is 0 Å². The van der Waals surface area contributed by atoms with Crippen LogP contribution in [0.4, 0.5) is 11.6 Å². The van der Waals surface area contributed by atoms with Gasteiger partial charge < -0.3 is 19.7 Å². The lowest BCUT2D eigenvalue weighted by Gasteiger charge is -2.28. The van der Waals surface area contributed by atoms with Crippen LogP contribution in [0.25, 0.3) is 11.0 Å². The fourth-order valence-corrected chi connectivity index (χ4v) is 4.80. The molecule has 31 heavy (non-hydrogen) atoms. The SMILES string of the molecule is COc1cc2c(cc1Nc1ncc3cnn(C4CCC(OC)CC4)c3n1)CN(C)CC2. The van der Waals surface area contributed by atoms with Gasteiger partial charge in [-0.1, -0.05) is 0 Å². The summed E-state index contributed by atoms with van der Waals surface area (Å²) in [5.41, 5.74) is 4.43. The van der Waals surface area contributed by atoms with Crippen LogP contribution in [-0.4, -0.2) is 58.6 Å². The number of nitrogens with one attached hydrogen (secondary N) is 1. The smallest absolute Gasteiger partial charge is 0.229 e. The molecule has 0 bridgehead atoms. The Hall–Kier alpha value is -2.71. The van der Waals surface area contributed by atoms with E-state index >= 15 is 0 Å². The van der Waals surface area contributed by atoms with Gasteiger partial charge in [-0.25, -0.2) is 9.67 Å². The third-order valence-corrected chi connectivity index (χ3v) is 6.63. The first kappa shape index (κ1) is 20.2. The van der Waals surface area contributed by atoms with Gasteiger partial charge in [0.1, 0.15) is 5.75 Å². The quantitative estimate of drug-likeness (QED) is 0.672. The molecule has 1 saturated carbocycles. The lowest BCUT2D eigenvalue weighted by Crippen LogP contribution is -2.26. The number of benzene rings is 1. The van der Waals surface area contributed by atoms with E-state index in [1.165, 1.54) is 11.1 Å². The van der Waals surface area contributed by atoms with Gasteiger partial charge in [-0.3, -0.25) is 0 Å². The molecule has 8 nitrogen and oxygen atoms in total. The Kier molecular flexibility index (Phi) is 5.50. The summed E-state index contributed by atoms with van der Waals surface area (Å²) in [5, 5.41) is 8.98. The average molecular weight is 423 g/mol. The second-order valence-electron chi connectivity index (χ2n) is 8.66. The molecule has 0 unspecified atom stereocenters. The van der Waals surface area contributed by atoms with Crippen molar-refractivity contribution >= 4 is 22.7 Å². The lowest BCUT2D eigenvalue weighted by molar-refractivity contribution is 0.0573. The van der Waals surface area contributed by atoms with Crippen molar-refractivity contribution in [2.75, 3.05) is 33.1 Å². The predicted molar refractivity (Wildman–Crippen MR) is 120 cm³/mol. The molecule has 1 N–H and O–H groups in total. The first-order valence-electron chi connectivity index (χ1n) is 11.0. The van der Waals surface area contributed by atoms with Crippen LogP contribution in [0.15, 0.2) is 24.5 Å². The average Bonchev–Trinajstić information content (AvgIpc) is 3.22. The zero-order valence-corrected chi connectivity index (χ0v) is 18.5. The molecule has 164 valence electrons. The number of nitrogens with zero attached hydrogens (tertiary/aromatic N) is 5. The van der Waals surface area contributed by atoms with E-state index in [4.69, 9.17) is 14.5 Å². The maximum Gasteiger partial charge on any atom is 0.229 e. The van der Waals surface area contributed by atoms with Gasteiger partial charge in [0, 0.05) is 26.4 Å². The minimum absolute atomic E-state index is 0.348. The van der Waals surface area contributed by atoms with Crippen molar-refractivity contribution in [1.29, 1.82) is 0 Å². The van der Waals surface area contributed by atoms with E-state index in [0.29, 0.717) is 18.1 Å². The van der Waals surface area contributed by atoms with Crippen LogP contribution in [-0.2, 0) is 17.7 Å². The minimum atomic E-state index is 0.348. The summed E-state index contributed by atoms with van der Waals surface area (Å²) in [4.78, 5) is 11.7. The predicted octanol–water partition coefficient (Wildman–Crippen LogP) is 3.70. The molecule has 2 aromatic heterocycles. The molecule has 3 aromatic rings. The Labute approximate surface area is 182 Å². The maximum absolute atomic E-state index is 5.66. The van der Waals surface area contributed by atoms with Gasteiger partial charge in [0.25, 0.3) is 0 Å². The van der Waals surface area contributed by atoms with E-state index in [1.54, 1.807) is 14.2 Å². The van der Waals surface area contributed by atoms with Gasteiger partial charge >= 0.3 is 0 Å². The monoisotopic (exact) mass is 422 g/mol. The summed E-state index contributed by atoms with van der Waals surface area (Å²) in [7, 11) is 5.66. The highest BCUT2D eigenvalue weighted by Gasteiger charge is 2.24. The number of methoxy groups -OCH3 is 2. The second-order valence-corrected chi connectivity index (χ2v) is 8.66. The number of anilines is 2. The van der Waals surface area contributed by atoms with Gasteiger partial charge in [0.05, 0.1) is 36.5 Å². The van der Waals surface area contributed by atoms with Gasteiger partial charge in [0.15, 0.2) is 5.65 Å². The van der Waals surface area contributed by atoms with E-state index < -0.39 is 0 Å². The summed E-state index contributed by atoms with van der Waals surface area (Å²) in [5.74, 6) is 1.38. The number of likely N-dealkylation sites (N-methyl/N-ethyl adjacent to an activating group) is 1. The van der Waals surface area contributed by atoms with Crippen LogP contribution in [0.1, 0.15) is 42.9 Å². The first-order valence-corrected chi connectivity index (χ1v) is 11.0. The number of rotatable bonds is 5. The molecule has 1 aliphatic heterocycles. The molecule has 3 heterocycles. The summed E-state index contributed by atoms with van der Waals surface area (Å²) in [6.07, 6.45) is 9.31. The summed E-state index contributed by atoms with van der Waals surface area (Å²) >= 11 is 0. The summed E-state index contributed by atoms with van der Waals surface area (Å²) in [6, 6.07) is 4.66. The van der Waals surface area contributed by atoms with Crippen molar-refractivity contribution in [3.05, 3.63) is 35.7 Å². The Morgan fingerprint density at radius 3 is 2.68 bits per heavy atom. The fraction of sp³-hybridized carbons (Fsp3) is 0.522. The van der Waals surface area contributed by atoms with Crippen molar-refractivity contribution in [2.45, 2.75) is 50.8 Å². The fourth-order valence-electron chi connectivity index (χ4n) is 4.80. The highest BCUT2D eigenvalue weighted by molar-refractivity contribution is 5.76. The highest BCUT2D eigenvalue weighted by atomic mass is 16.5. The molecule has 1 aliphatic carbocycles. The third-order valence-electron chi connectivity index (χ3n) is 6.63. The minimum Gasteiger partial charge on any atom is -0.495 e. The number of fused-ring (bicyclic) bond motifs is 2. The number of hydrogen-bond donors (Lipinski definition) is 1. The highest BCUT2D eigenvalue weighted by Crippen LogP contribution is 2.34. The van der Waals surface area contributed by atoms with Crippen LogP contribution in [0.5, 0.6) is 5.75 Å². The van der Waals surface area contributed by atoms with E-state index in [1.807, 2.05) is 12.4 Å². The van der Waals surface area contributed by atoms with Crippen LogP contribution < -0.4 is 10.1 Å². The Balaban J connectivity index is 1.43. The standard InChI is InChI=1S/C23H30N6O2/c1-28-9-8-15-11-21(31-3)20(10-16(15)14-28)26-23-24-12-17-13-25-29(22(17)27-23)18-4-6-19(30-2)7-5-18/h10-13,18-19H,4-9,14H2,1-3H3,(H,24,26,27). The number of hydrogen-bond acceptors (Lipinski definition) is 7. The van der Waals surface area contributed by atoms with Crippen LogP contribution in [0.2, 0.25) is 0 Å². The van der Waals surface area contributed by atoms with Crippen molar-refractivity contribution in [2.24, 2.45) is 0 Å². The molecular formula is C23H30N6O2. The zero-order chi connectivity index (χ0) is 21.4. The molecule has 0 amide bonds. The molecule has 0 atom stereocenters. The molecule has 0 spiro atoms. The van der Waals surface area contributed by atoms with E-state index in [2.05, 4.69) is 44.2 Å². The molecule has 5 rings (SSSR count). The van der Waals surface area contributed by atoms with Crippen LogP contribution in [0.3, 0.4) is 0 Å². The molecule has 0 radical (unpaired) electrons. The van der Waals surface area contributed by atoms with Crippen molar-refractivity contribution in [3.63, 3.8) is 0 Å². The van der Waals surface area contributed by atoms with E-state index in [0.717, 1.165) is 67.7 Å². The number of aromatic nitrogens is 4. The molecular weight excluding hydrogens is 392 g/mol. The molecule has 1 aromatic carbocycles. The first-order chi connectivity index (χ1) is 15.1. The lowest BCUT2D eigenvalue weighted by atomic mass is 9.93. The molecule has 1 fully saturated rings. The summed E-state index contributed by atoms with van der Waals surface area (Å²) in [6.45, 7) is 2.00. The largest absolute Gasteiger partial charge is 0.495 e. The van der Waals surface area contributed by atoms with Crippen molar-refractivity contribution in [1.82, 2.24) is 24.6 Å². The number of ether oxygens (including phenoxy) is 2. The third kappa shape index (κ3) is 3.97.